The number of anilines is 4. The maximum atomic E-state index is 14.0. The Hall–Kier alpha value is -1.41. The number of halogens is 5. The number of aromatic nitrogens is 2. The molecule has 9 heteroatoms. The van der Waals surface area contributed by atoms with E-state index >= 15 is 0 Å². The van der Waals surface area contributed by atoms with E-state index in [1.807, 2.05) is 6.07 Å². The van der Waals surface area contributed by atoms with Crippen molar-refractivity contribution in [2.24, 2.45) is 0 Å². The van der Waals surface area contributed by atoms with Crippen molar-refractivity contribution < 1.29 is 4.39 Å². The number of benzene rings is 2. The van der Waals surface area contributed by atoms with Crippen LogP contribution in [-0.4, -0.2) is 9.97 Å². The first-order valence-electron chi connectivity index (χ1n) is 6.89. The minimum atomic E-state index is -0.605. The molecule has 0 saturated heterocycles. The molecule has 3 rings (SSSR count). The summed E-state index contributed by atoms with van der Waals surface area (Å²) >= 11 is 18.9. The van der Waals surface area contributed by atoms with E-state index in [4.69, 9.17) is 23.2 Å². The molecule has 0 fully saturated rings. The Balaban J connectivity index is 1.87. The van der Waals surface area contributed by atoms with Crippen molar-refractivity contribution in [3.05, 3.63) is 67.4 Å². The van der Waals surface area contributed by atoms with Crippen LogP contribution in [0.25, 0.3) is 0 Å². The summed E-state index contributed by atoms with van der Waals surface area (Å²) in [6.45, 7) is 0. The summed E-state index contributed by atoms with van der Waals surface area (Å²) in [4.78, 5) is 8.07. The van der Waals surface area contributed by atoms with Crippen LogP contribution in [0.15, 0.2) is 51.5 Å². The van der Waals surface area contributed by atoms with Crippen molar-refractivity contribution in [3.63, 3.8) is 0 Å². The van der Waals surface area contributed by atoms with Crippen LogP contribution in [0.3, 0.4) is 0 Å². The largest absolute Gasteiger partial charge is 0.336 e. The van der Waals surface area contributed by atoms with Gasteiger partial charge in [-0.05, 0) is 36.4 Å². The molecular formula is C16H9Br2Cl2FN4. The van der Waals surface area contributed by atoms with Gasteiger partial charge in [0.25, 0.3) is 0 Å². The molecule has 0 unspecified atom stereocenters. The van der Waals surface area contributed by atoms with E-state index < -0.39 is 5.82 Å². The van der Waals surface area contributed by atoms with E-state index in [9.17, 15) is 4.39 Å². The molecule has 4 nitrogen and oxygen atoms in total. The van der Waals surface area contributed by atoms with Crippen LogP contribution in [-0.2, 0) is 0 Å². The third-order valence-electron chi connectivity index (χ3n) is 3.11. The average molecular weight is 507 g/mol. The second-order valence-electron chi connectivity index (χ2n) is 4.89. The fourth-order valence-corrected chi connectivity index (χ4v) is 3.39. The third-order valence-corrected chi connectivity index (χ3v) is 4.72. The lowest BCUT2D eigenvalue weighted by Crippen LogP contribution is -2.03. The fraction of sp³-hybridized carbons (Fsp3) is 0. The Kier molecular flexibility index (Phi) is 5.78. The van der Waals surface area contributed by atoms with Crippen molar-refractivity contribution in [1.29, 1.82) is 0 Å². The van der Waals surface area contributed by atoms with Gasteiger partial charge in [-0.3, -0.25) is 0 Å². The zero-order chi connectivity index (χ0) is 18.0. The lowest BCUT2D eigenvalue weighted by atomic mass is 10.3. The zero-order valence-electron chi connectivity index (χ0n) is 12.3. The van der Waals surface area contributed by atoms with Gasteiger partial charge in [-0.1, -0.05) is 55.1 Å². The average Bonchev–Trinajstić information content (AvgIpc) is 2.55. The Labute approximate surface area is 170 Å². The molecule has 3 aromatic rings. The van der Waals surface area contributed by atoms with Crippen molar-refractivity contribution in [3.8, 4) is 0 Å². The molecule has 0 amide bonds. The Morgan fingerprint density at radius 1 is 0.880 bits per heavy atom. The molecule has 0 aliphatic rings. The van der Waals surface area contributed by atoms with E-state index in [0.717, 1.165) is 15.1 Å². The maximum Gasteiger partial charge on any atom is 0.229 e. The van der Waals surface area contributed by atoms with Crippen LogP contribution in [0, 0.1) is 5.82 Å². The number of nitrogens with one attached hydrogen (secondary N) is 2. The first-order chi connectivity index (χ1) is 11.9. The SMILES string of the molecule is Fc1cnc(Nc2ccc(Br)cc2Cl)nc1Nc1ccc(Br)cc1Cl. The lowest BCUT2D eigenvalue weighted by Gasteiger charge is -2.11. The van der Waals surface area contributed by atoms with Crippen LogP contribution < -0.4 is 10.6 Å². The Bertz CT molecular complexity index is 940. The molecular weight excluding hydrogens is 498 g/mol. The molecule has 0 spiro atoms. The Morgan fingerprint density at radius 2 is 1.44 bits per heavy atom. The van der Waals surface area contributed by atoms with Gasteiger partial charge in [0.2, 0.25) is 5.95 Å². The van der Waals surface area contributed by atoms with Gasteiger partial charge >= 0.3 is 0 Å². The van der Waals surface area contributed by atoms with Gasteiger partial charge in [-0.2, -0.15) is 4.98 Å². The number of rotatable bonds is 4. The molecule has 1 heterocycles. The van der Waals surface area contributed by atoms with E-state index in [1.165, 1.54) is 0 Å². The number of hydrogen-bond acceptors (Lipinski definition) is 4. The van der Waals surface area contributed by atoms with Crippen LogP contribution in [0.2, 0.25) is 10.0 Å². The Morgan fingerprint density at radius 3 is 2.00 bits per heavy atom. The van der Waals surface area contributed by atoms with Gasteiger partial charge in [0.15, 0.2) is 11.6 Å². The number of nitrogens with zero attached hydrogens (tertiary/aromatic N) is 2. The van der Waals surface area contributed by atoms with Gasteiger partial charge < -0.3 is 10.6 Å². The van der Waals surface area contributed by atoms with Crippen molar-refractivity contribution in [2.45, 2.75) is 0 Å². The van der Waals surface area contributed by atoms with Gasteiger partial charge in [-0.15, -0.1) is 0 Å². The summed E-state index contributed by atoms with van der Waals surface area (Å²) in [5, 5.41) is 6.72. The summed E-state index contributed by atoms with van der Waals surface area (Å²) in [7, 11) is 0. The monoisotopic (exact) mass is 504 g/mol. The van der Waals surface area contributed by atoms with Gasteiger partial charge in [-0.25, -0.2) is 9.37 Å². The fourth-order valence-electron chi connectivity index (χ4n) is 1.94. The summed E-state index contributed by atoms with van der Waals surface area (Å²) in [6, 6.07) is 10.5. The lowest BCUT2D eigenvalue weighted by molar-refractivity contribution is 0.619. The summed E-state index contributed by atoms with van der Waals surface area (Å²) in [6.07, 6.45) is 1.07. The van der Waals surface area contributed by atoms with Gasteiger partial charge in [0.1, 0.15) is 0 Å². The van der Waals surface area contributed by atoms with Crippen LogP contribution in [0.5, 0.6) is 0 Å². The van der Waals surface area contributed by atoms with Gasteiger partial charge in [0.05, 0.1) is 27.6 Å². The predicted octanol–water partition coefficient (Wildman–Crippen LogP) is 6.93. The maximum absolute atomic E-state index is 14.0. The van der Waals surface area contributed by atoms with E-state index in [1.54, 1.807) is 30.3 Å². The smallest absolute Gasteiger partial charge is 0.229 e. The topological polar surface area (TPSA) is 49.8 Å². The molecule has 1 aromatic heterocycles. The third kappa shape index (κ3) is 4.61. The highest BCUT2D eigenvalue weighted by molar-refractivity contribution is 9.10. The molecule has 128 valence electrons. The van der Waals surface area contributed by atoms with Crippen LogP contribution in [0.4, 0.5) is 27.5 Å². The summed E-state index contributed by atoms with van der Waals surface area (Å²) in [5.41, 5.74) is 1.12. The second-order valence-corrected chi connectivity index (χ2v) is 7.53. The molecule has 25 heavy (non-hydrogen) atoms. The molecule has 0 atom stereocenters. The van der Waals surface area contributed by atoms with E-state index in [-0.39, 0.29) is 11.8 Å². The van der Waals surface area contributed by atoms with E-state index in [2.05, 4.69) is 52.5 Å². The molecule has 2 N–H and O–H groups in total. The summed E-state index contributed by atoms with van der Waals surface area (Å²) in [5.74, 6) is -0.414. The highest BCUT2D eigenvalue weighted by Crippen LogP contribution is 2.30. The first-order valence-corrected chi connectivity index (χ1v) is 9.23. The summed E-state index contributed by atoms with van der Waals surface area (Å²) < 4.78 is 15.7. The normalized spacial score (nSPS) is 10.6. The molecule has 0 bridgehead atoms. The predicted molar refractivity (Wildman–Crippen MR) is 107 cm³/mol. The van der Waals surface area contributed by atoms with Crippen LogP contribution in [0.1, 0.15) is 0 Å². The van der Waals surface area contributed by atoms with Crippen molar-refractivity contribution >= 4 is 78.2 Å². The molecule has 0 aliphatic carbocycles. The minimum absolute atomic E-state index is 0.00467. The highest BCUT2D eigenvalue weighted by atomic mass is 79.9. The quantitative estimate of drug-likeness (QED) is 0.402. The van der Waals surface area contributed by atoms with E-state index in [0.29, 0.717) is 21.4 Å². The zero-order valence-corrected chi connectivity index (χ0v) is 17.0. The standard InChI is InChI=1S/C16H9Br2Cl2FN4/c17-8-1-3-13(10(19)5-8)23-15-12(21)7-22-16(25-15)24-14-4-2-9(18)6-11(14)20/h1-7H,(H2,22,23,24,25). The molecule has 0 aliphatic heterocycles. The minimum Gasteiger partial charge on any atom is -0.336 e. The number of hydrogen-bond donors (Lipinski definition) is 2. The highest BCUT2D eigenvalue weighted by Gasteiger charge is 2.11. The molecule has 0 radical (unpaired) electrons. The van der Waals surface area contributed by atoms with Crippen LogP contribution >= 0.6 is 55.1 Å². The molecule has 2 aromatic carbocycles. The molecule has 0 saturated carbocycles. The van der Waals surface area contributed by atoms with Crippen molar-refractivity contribution in [2.75, 3.05) is 10.6 Å². The van der Waals surface area contributed by atoms with Gasteiger partial charge in [0, 0.05) is 8.95 Å². The second kappa shape index (κ2) is 7.86. The van der Waals surface area contributed by atoms with Crippen molar-refractivity contribution in [1.82, 2.24) is 9.97 Å². The first kappa shape index (κ1) is 18.4.